The van der Waals surface area contributed by atoms with E-state index in [2.05, 4.69) is 22.7 Å². The molecular weight excluding hydrogens is 180 g/mol. The van der Waals surface area contributed by atoms with Crippen LogP contribution in [0.4, 0.5) is 0 Å². The molecule has 1 rings (SSSR count). The Kier molecular flexibility index (Phi) is 4.69. The molecule has 1 saturated carbocycles. The smallest absolute Gasteiger partial charge is 0.205 e. The van der Waals surface area contributed by atoms with Gasteiger partial charge in [-0.25, -0.2) is 5.84 Å². The highest BCUT2D eigenvalue weighted by atomic mass is 16.5. The van der Waals surface area contributed by atoms with E-state index in [0.29, 0.717) is 18.1 Å². The molecule has 4 N–H and O–H groups in total. The number of nitrogens with one attached hydrogen (secondary N) is 2. The van der Waals surface area contributed by atoms with Gasteiger partial charge in [-0.2, -0.15) is 0 Å². The van der Waals surface area contributed by atoms with Gasteiger partial charge in [0.15, 0.2) is 0 Å². The van der Waals surface area contributed by atoms with Crippen LogP contribution in [0, 0.1) is 0 Å². The summed E-state index contributed by atoms with van der Waals surface area (Å²) >= 11 is 0. The van der Waals surface area contributed by atoms with E-state index in [4.69, 9.17) is 10.6 Å². The predicted octanol–water partition coefficient (Wildman–Crippen LogP) is -0.0173. The van der Waals surface area contributed by atoms with Gasteiger partial charge in [0, 0.05) is 19.7 Å². The van der Waals surface area contributed by atoms with Crippen molar-refractivity contribution in [3.63, 3.8) is 0 Å². The summed E-state index contributed by atoms with van der Waals surface area (Å²) in [6.07, 6.45) is 3.49. The van der Waals surface area contributed by atoms with Crippen LogP contribution in [0.5, 0.6) is 0 Å². The Labute approximate surface area is 85.1 Å². The third kappa shape index (κ3) is 3.16. The molecule has 0 aromatic carbocycles. The minimum absolute atomic E-state index is 0.401. The van der Waals surface area contributed by atoms with Crippen molar-refractivity contribution < 1.29 is 4.74 Å². The molecule has 0 aliphatic heterocycles. The number of nitrogens with two attached hydrogens (primary N) is 1. The Morgan fingerprint density at radius 3 is 2.79 bits per heavy atom. The molecular formula is C9H20N4O. The Hall–Kier alpha value is -0.810. The summed E-state index contributed by atoms with van der Waals surface area (Å²) in [4.78, 5) is 4.26. The molecule has 1 aliphatic carbocycles. The molecule has 0 atom stereocenters. The highest BCUT2D eigenvalue weighted by Gasteiger charge is 2.29. The van der Waals surface area contributed by atoms with Crippen molar-refractivity contribution in [1.29, 1.82) is 0 Å². The SMILES string of the molecule is CCCN=C(NN)NC1CC(OC)C1. The van der Waals surface area contributed by atoms with Crippen molar-refractivity contribution in [3.05, 3.63) is 0 Å². The molecule has 0 unspecified atom stereocenters. The van der Waals surface area contributed by atoms with Crippen LogP contribution in [0.3, 0.4) is 0 Å². The predicted molar refractivity (Wildman–Crippen MR) is 56.9 cm³/mol. The molecule has 82 valence electrons. The highest BCUT2D eigenvalue weighted by molar-refractivity contribution is 5.79. The fraction of sp³-hybridized carbons (Fsp3) is 0.889. The largest absolute Gasteiger partial charge is 0.381 e. The minimum Gasteiger partial charge on any atom is -0.381 e. The summed E-state index contributed by atoms with van der Waals surface area (Å²) in [5.74, 6) is 6.02. The Morgan fingerprint density at radius 2 is 2.29 bits per heavy atom. The van der Waals surface area contributed by atoms with Crippen molar-refractivity contribution in [2.24, 2.45) is 10.8 Å². The number of hydrazine groups is 1. The number of hydrogen-bond donors (Lipinski definition) is 3. The molecule has 1 fully saturated rings. The lowest BCUT2D eigenvalue weighted by atomic mass is 9.89. The lowest BCUT2D eigenvalue weighted by Crippen LogP contribution is -2.53. The summed E-state index contributed by atoms with van der Waals surface area (Å²) in [6.45, 7) is 2.88. The summed E-state index contributed by atoms with van der Waals surface area (Å²) in [5.41, 5.74) is 2.57. The fourth-order valence-corrected chi connectivity index (χ4v) is 1.43. The number of guanidine groups is 1. The normalized spacial score (nSPS) is 26.9. The molecule has 0 radical (unpaired) electrons. The van der Waals surface area contributed by atoms with Crippen molar-refractivity contribution in [2.75, 3.05) is 13.7 Å². The first-order chi connectivity index (χ1) is 6.80. The Balaban J connectivity index is 2.21. The van der Waals surface area contributed by atoms with Crippen molar-refractivity contribution in [2.45, 2.75) is 38.3 Å². The molecule has 0 amide bonds. The molecule has 1 aliphatic rings. The van der Waals surface area contributed by atoms with E-state index >= 15 is 0 Å². The maximum Gasteiger partial charge on any atom is 0.205 e. The molecule has 0 aromatic heterocycles. The van der Waals surface area contributed by atoms with E-state index < -0.39 is 0 Å². The molecule has 0 bridgehead atoms. The topological polar surface area (TPSA) is 71.7 Å². The van der Waals surface area contributed by atoms with Crippen LogP contribution in [0.15, 0.2) is 4.99 Å². The lowest BCUT2D eigenvalue weighted by molar-refractivity contribution is 0.0224. The quantitative estimate of drug-likeness (QED) is 0.258. The highest BCUT2D eigenvalue weighted by Crippen LogP contribution is 2.22. The zero-order chi connectivity index (χ0) is 10.4. The second-order valence-electron chi connectivity index (χ2n) is 3.55. The maximum atomic E-state index is 5.33. The number of rotatable bonds is 4. The summed E-state index contributed by atoms with van der Waals surface area (Å²) in [7, 11) is 1.74. The van der Waals surface area contributed by atoms with Gasteiger partial charge in [0.05, 0.1) is 6.10 Å². The van der Waals surface area contributed by atoms with Gasteiger partial charge in [-0.05, 0) is 19.3 Å². The van der Waals surface area contributed by atoms with Gasteiger partial charge >= 0.3 is 0 Å². The van der Waals surface area contributed by atoms with Gasteiger partial charge in [-0.3, -0.25) is 10.4 Å². The average Bonchev–Trinajstić information content (AvgIpc) is 2.15. The van der Waals surface area contributed by atoms with Crippen molar-refractivity contribution in [1.82, 2.24) is 10.7 Å². The van der Waals surface area contributed by atoms with E-state index in [9.17, 15) is 0 Å². The van der Waals surface area contributed by atoms with Crippen LogP contribution in [0.2, 0.25) is 0 Å². The number of hydrogen-bond acceptors (Lipinski definition) is 3. The first kappa shape index (κ1) is 11.3. The molecule has 0 aromatic rings. The van der Waals surface area contributed by atoms with Crippen LogP contribution < -0.4 is 16.6 Å². The van der Waals surface area contributed by atoms with E-state index in [1.165, 1.54) is 0 Å². The van der Waals surface area contributed by atoms with E-state index in [0.717, 1.165) is 25.8 Å². The average molecular weight is 200 g/mol. The zero-order valence-corrected chi connectivity index (χ0v) is 8.92. The van der Waals surface area contributed by atoms with Gasteiger partial charge in [-0.15, -0.1) is 0 Å². The van der Waals surface area contributed by atoms with Crippen LogP contribution >= 0.6 is 0 Å². The Morgan fingerprint density at radius 1 is 1.57 bits per heavy atom. The summed E-state index contributed by atoms with van der Waals surface area (Å²) in [5, 5.41) is 3.24. The second kappa shape index (κ2) is 5.82. The van der Waals surface area contributed by atoms with Gasteiger partial charge in [0.2, 0.25) is 5.96 Å². The first-order valence-electron chi connectivity index (χ1n) is 5.10. The monoisotopic (exact) mass is 200 g/mol. The third-order valence-corrected chi connectivity index (χ3v) is 2.40. The van der Waals surface area contributed by atoms with Crippen LogP contribution in [0.1, 0.15) is 26.2 Å². The van der Waals surface area contributed by atoms with E-state index in [1.807, 2.05) is 0 Å². The summed E-state index contributed by atoms with van der Waals surface area (Å²) in [6, 6.07) is 0.451. The van der Waals surface area contributed by atoms with E-state index in [1.54, 1.807) is 7.11 Å². The van der Waals surface area contributed by atoms with Crippen LogP contribution in [-0.2, 0) is 4.74 Å². The Bertz CT molecular complexity index is 189. The lowest BCUT2D eigenvalue weighted by Gasteiger charge is -2.35. The van der Waals surface area contributed by atoms with Gasteiger partial charge in [0.1, 0.15) is 0 Å². The van der Waals surface area contributed by atoms with Gasteiger partial charge in [-0.1, -0.05) is 6.92 Å². The van der Waals surface area contributed by atoms with E-state index in [-0.39, 0.29) is 0 Å². The van der Waals surface area contributed by atoms with Gasteiger partial charge < -0.3 is 10.1 Å². The number of aliphatic imine (C=N–C) groups is 1. The van der Waals surface area contributed by atoms with Crippen LogP contribution in [0.25, 0.3) is 0 Å². The zero-order valence-electron chi connectivity index (χ0n) is 8.92. The standard InChI is InChI=1S/C9H20N4O/c1-3-4-11-9(13-10)12-7-5-8(6-7)14-2/h7-8H,3-6,10H2,1-2H3,(H2,11,12,13). The minimum atomic E-state index is 0.401. The number of methoxy groups -OCH3 is 1. The molecule has 0 saturated heterocycles. The second-order valence-corrected chi connectivity index (χ2v) is 3.55. The first-order valence-corrected chi connectivity index (χ1v) is 5.10. The molecule has 5 nitrogen and oxygen atoms in total. The number of nitrogens with zero attached hydrogens (tertiary/aromatic N) is 1. The van der Waals surface area contributed by atoms with Crippen molar-refractivity contribution in [3.8, 4) is 0 Å². The summed E-state index contributed by atoms with van der Waals surface area (Å²) < 4.78 is 5.18. The number of ether oxygens (including phenoxy) is 1. The molecule has 5 heteroatoms. The maximum absolute atomic E-state index is 5.33. The van der Waals surface area contributed by atoms with Crippen molar-refractivity contribution >= 4 is 5.96 Å². The third-order valence-electron chi connectivity index (χ3n) is 2.40. The molecule has 14 heavy (non-hydrogen) atoms. The molecule has 0 heterocycles. The molecule has 0 spiro atoms. The fourth-order valence-electron chi connectivity index (χ4n) is 1.43. The van der Waals surface area contributed by atoms with Crippen LogP contribution in [-0.4, -0.2) is 31.8 Å². The van der Waals surface area contributed by atoms with Gasteiger partial charge in [0.25, 0.3) is 0 Å².